The quantitative estimate of drug-likeness (QED) is 0.805. The van der Waals surface area contributed by atoms with Gasteiger partial charge in [-0.2, -0.15) is 0 Å². The molecular weight excluding hydrogens is 266 g/mol. The molecule has 1 aromatic carbocycles. The molecule has 0 bridgehead atoms. The lowest BCUT2D eigenvalue weighted by Gasteiger charge is -2.42. The van der Waals surface area contributed by atoms with E-state index >= 15 is 0 Å². The Morgan fingerprint density at radius 3 is 2.86 bits per heavy atom. The molecule has 3 heterocycles. The summed E-state index contributed by atoms with van der Waals surface area (Å²) in [6.45, 7) is 2.34. The van der Waals surface area contributed by atoms with Crippen molar-refractivity contribution < 1.29 is 13.9 Å². The SMILES string of the molecule is CC(=O)N1c2ccccc2[C@H]2OCC[C@H]2[C@@H]1c1ccco1. The van der Waals surface area contributed by atoms with Gasteiger partial charge < -0.3 is 14.1 Å². The molecule has 2 aliphatic rings. The van der Waals surface area contributed by atoms with Gasteiger partial charge in [-0.05, 0) is 24.6 Å². The van der Waals surface area contributed by atoms with E-state index < -0.39 is 0 Å². The van der Waals surface area contributed by atoms with Gasteiger partial charge in [0.1, 0.15) is 11.8 Å². The molecule has 3 atom stereocenters. The third-order valence-corrected chi connectivity index (χ3v) is 4.50. The van der Waals surface area contributed by atoms with Crippen molar-refractivity contribution in [3.8, 4) is 0 Å². The van der Waals surface area contributed by atoms with Crippen LogP contribution in [0.2, 0.25) is 0 Å². The van der Waals surface area contributed by atoms with E-state index in [1.54, 1.807) is 13.2 Å². The molecule has 0 radical (unpaired) electrons. The monoisotopic (exact) mass is 283 g/mol. The van der Waals surface area contributed by atoms with Crippen LogP contribution in [0.25, 0.3) is 0 Å². The minimum Gasteiger partial charge on any atom is -0.467 e. The summed E-state index contributed by atoms with van der Waals surface area (Å²) in [5.74, 6) is 1.12. The lowest BCUT2D eigenvalue weighted by molar-refractivity contribution is -0.117. The molecular formula is C17H17NO3. The second-order valence-corrected chi connectivity index (χ2v) is 5.65. The zero-order chi connectivity index (χ0) is 14.4. The Morgan fingerprint density at radius 1 is 1.24 bits per heavy atom. The van der Waals surface area contributed by atoms with Crippen molar-refractivity contribution >= 4 is 11.6 Å². The number of ether oxygens (including phenoxy) is 1. The zero-order valence-electron chi connectivity index (χ0n) is 11.9. The molecule has 0 aliphatic carbocycles. The van der Waals surface area contributed by atoms with Crippen LogP contribution in [0.4, 0.5) is 5.69 Å². The van der Waals surface area contributed by atoms with E-state index in [1.807, 2.05) is 35.2 Å². The van der Waals surface area contributed by atoms with Gasteiger partial charge in [0.15, 0.2) is 0 Å². The molecule has 1 aromatic heterocycles. The Balaban J connectivity index is 1.91. The summed E-state index contributed by atoms with van der Waals surface area (Å²) in [4.78, 5) is 14.2. The van der Waals surface area contributed by atoms with Crippen molar-refractivity contribution in [2.24, 2.45) is 5.92 Å². The summed E-state index contributed by atoms with van der Waals surface area (Å²) >= 11 is 0. The maximum atomic E-state index is 12.3. The molecule has 0 saturated carbocycles. The zero-order valence-corrected chi connectivity index (χ0v) is 11.9. The molecule has 0 spiro atoms. The summed E-state index contributed by atoms with van der Waals surface area (Å²) in [5, 5.41) is 0. The van der Waals surface area contributed by atoms with Gasteiger partial charge in [0.2, 0.25) is 5.91 Å². The number of rotatable bonds is 1. The van der Waals surface area contributed by atoms with Crippen LogP contribution in [-0.2, 0) is 9.53 Å². The molecule has 2 aliphatic heterocycles. The first kappa shape index (κ1) is 12.7. The number of fused-ring (bicyclic) bond motifs is 3. The van der Waals surface area contributed by atoms with Gasteiger partial charge >= 0.3 is 0 Å². The molecule has 0 N–H and O–H groups in total. The lowest BCUT2D eigenvalue weighted by atomic mass is 9.81. The number of furan rings is 1. The average Bonchev–Trinajstić information content (AvgIpc) is 3.17. The predicted molar refractivity (Wildman–Crippen MR) is 77.9 cm³/mol. The molecule has 108 valence electrons. The van der Waals surface area contributed by atoms with E-state index in [9.17, 15) is 4.79 Å². The number of hydrogen-bond acceptors (Lipinski definition) is 3. The predicted octanol–water partition coefficient (Wildman–Crippen LogP) is 3.47. The minimum atomic E-state index is -0.0834. The van der Waals surface area contributed by atoms with E-state index in [0.717, 1.165) is 30.0 Å². The molecule has 4 nitrogen and oxygen atoms in total. The van der Waals surface area contributed by atoms with Crippen LogP contribution in [-0.4, -0.2) is 12.5 Å². The molecule has 1 saturated heterocycles. The summed E-state index contributed by atoms with van der Waals surface area (Å²) < 4.78 is 11.6. The molecule has 2 aromatic rings. The van der Waals surface area contributed by atoms with Crippen LogP contribution in [0, 0.1) is 5.92 Å². The van der Waals surface area contributed by atoms with E-state index in [4.69, 9.17) is 9.15 Å². The standard InChI is InChI=1S/C17H17NO3/c1-11(19)18-14-6-3-2-5-12(14)17-13(8-10-21-17)16(18)15-7-4-9-20-15/h2-7,9,13,16-17H,8,10H2,1H3/t13-,16+,17+/m0/s1. The van der Waals surface area contributed by atoms with Gasteiger partial charge in [-0.3, -0.25) is 4.79 Å². The van der Waals surface area contributed by atoms with Crippen LogP contribution in [0.1, 0.15) is 36.8 Å². The Hall–Kier alpha value is -2.07. The molecule has 21 heavy (non-hydrogen) atoms. The van der Waals surface area contributed by atoms with Crippen LogP contribution in [0.5, 0.6) is 0 Å². The van der Waals surface area contributed by atoms with Gasteiger partial charge in [0, 0.05) is 25.0 Å². The van der Waals surface area contributed by atoms with Gasteiger partial charge in [-0.1, -0.05) is 18.2 Å². The van der Waals surface area contributed by atoms with Crippen LogP contribution >= 0.6 is 0 Å². The number of carbonyl (C=O) groups excluding carboxylic acids is 1. The first-order valence-corrected chi connectivity index (χ1v) is 7.31. The second-order valence-electron chi connectivity index (χ2n) is 5.65. The topological polar surface area (TPSA) is 42.7 Å². The smallest absolute Gasteiger partial charge is 0.224 e. The summed E-state index contributed by atoms with van der Waals surface area (Å²) in [6, 6.07) is 11.8. The number of benzene rings is 1. The number of hydrogen-bond donors (Lipinski definition) is 0. The maximum absolute atomic E-state index is 12.3. The molecule has 4 heteroatoms. The Bertz CT molecular complexity index is 664. The normalized spacial score (nSPS) is 27.3. The number of amides is 1. The number of anilines is 1. The van der Waals surface area contributed by atoms with E-state index in [1.165, 1.54) is 0 Å². The van der Waals surface area contributed by atoms with Gasteiger partial charge in [0.05, 0.1) is 18.1 Å². The average molecular weight is 283 g/mol. The van der Waals surface area contributed by atoms with Crippen LogP contribution < -0.4 is 4.90 Å². The summed E-state index contributed by atoms with van der Waals surface area (Å²) in [6.07, 6.45) is 2.65. The third-order valence-electron chi connectivity index (χ3n) is 4.50. The largest absolute Gasteiger partial charge is 0.467 e. The molecule has 4 rings (SSSR count). The third kappa shape index (κ3) is 1.83. The number of carbonyl (C=O) groups is 1. The number of para-hydroxylation sites is 1. The highest BCUT2D eigenvalue weighted by Gasteiger charge is 2.47. The summed E-state index contributed by atoms with van der Waals surface area (Å²) in [7, 11) is 0. The maximum Gasteiger partial charge on any atom is 0.224 e. The molecule has 0 unspecified atom stereocenters. The van der Waals surface area contributed by atoms with Gasteiger partial charge in [0.25, 0.3) is 0 Å². The fourth-order valence-electron chi connectivity index (χ4n) is 3.70. The first-order valence-electron chi connectivity index (χ1n) is 7.31. The van der Waals surface area contributed by atoms with Crippen molar-refractivity contribution in [1.82, 2.24) is 0 Å². The highest BCUT2D eigenvalue weighted by Crippen LogP contribution is 2.52. The second kappa shape index (κ2) is 4.74. The first-order chi connectivity index (χ1) is 10.3. The van der Waals surface area contributed by atoms with Gasteiger partial charge in [-0.15, -0.1) is 0 Å². The van der Waals surface area contributed by atoms with Crippen LogP contribution in [0.3, 0.4) is 0 Å². The van der Waals surface area contributed by atoms with Crippen molar-refractivity contribution in [3.63, 3.8) is 0 Å². The van der Waals surface area contributed by atoms with Crippen molar-refractivity contribution in [3.05, 3.63) is 54.0 Å². The highest BCUT2D eigenvalue weighted by molar-refractivity contribution is 5.94. The van der Waals surface area contributed by atoms with Crippen molar-refractivity contribution in [2.45, 2.75) is 25.5 Å². The lowest BCUT2D eigenvalue weighted by Crippen LogP contribution is -2.42. The highest BCUT2D eigenvalue weighted by atomic mass is 16.5. The van der Waals surface area contributed by atoms with Gasteiger partial charge in [-0.25, -0.2) is 0 Å². The van der Waals surface area contributed by atoms with Crippen LogP contribution in [0.15, 0.2) is 47.1 Å². The Kier molecular flexibility index (Phi) is 2.86. The Labute approximate surface area is 123 Å². The fourth-order valence-corrected chi connectivity index (χ4v) is 3.70. The van der Waals surface area contributed by atoms with Crippen molar-refractivity contribution in [1.29, 1.82) is 0 Å². The number of nitrogens with zero attached hydrogens (tertiary/aromatic N) is 1. The molecule has 1 amide bonds. The van der Waals surface area contributed by atoms with E-state index in [0.29, 0.717) is 0 Å². The Morgan fingerprint density at radius 2 is 2.10 bits per heavy atom. The molecule has 1 fully saturated rings. The summed E-state index contributed by atoms with van der Waals surface area (Å²) in [5.41, 5.74) is 2.05. The van der Waals surface area contributed by atoms with E-state index in [2.05, 4.69) is 6.07 Å². The van der Waals surface area contributed by atoms with Crippen molar-refractivity contribution in [2.75, 3.05) is 11.5 Å². The minimum absolute atomic E-state index is 0.0363. The fraction of sp³-hybridized carbons (Fsp3) is 0.353. The van der Waals surface area contributed by atoms with E-state index in [-0.39, 0.29) is 24.0 Å².